The minimum absolute atomic E-state index is 0.116. The van der Waals surface area contributed by atoms with Crippen molar-refractivity contribution in [1.82, 2.24) is 4.90 Å². The lowest BCUT2D eigenvalue weighted by Crippen LogP contribution is -2.43. The van der Waals surface area contributed by atoms with E-state index in [1.807, 2.05) is 26.0 Å². The molecule has 1 aromatic heterocycles. The predicted octanol–water partition coefficient (Wildman–Crippen LogP) is 3.49. The lowest BCUT2D eigenvalue weighted by atomic mass is 9.96. The first-order valence-corrected chi connectivity index (χ1v) is 10.1. The SMILES string of the molecule is CCOc1cc2c(cc1NC(=O)[C@@H]1CCCN(C(=O)c3ccco3)C1)O[C@H](C)C2. The number of likely N-dealkylation sites (tertiary alicyclic amines) is 1. The highest BCUT2D eigenvalue weighted by Gasteiger charge is 2.31. The summed E-state index contributed by atoms with van der Waals surface area (Å²) in [6, 6.07) is 7.13. The van der Waals surface area contributed by atoms with Crippen LogP contribution in [0.3, 0.4) is 0 Å². The normalized spacial score (nSPS) is 20.7. The van der Waals surface area contributed by atoms with E-state index in [9.17, 15) is 9.59 Å². The number of anilines is 1. The maximum Gasteiger partial charge on any atom is 0.289 e. The number of hydrogen-bond donors (Lipinski definition) is 1. The Morgan fingerprint density at radius 1 is 1.34 bits per heavy atom. The van der Waals surface area contributed by atoms with E-state index in [0.29, 0.717) is 36.9 Å². The van der Waals surface area contributed by atoms with E-state index >= 15 is 0 Å². The van der Waals surface area contributed by atoms with Gasteiger partial charge < -0.3 is 24.1 Å². The molecule has 0 radical (unpaired) electrons. The van der Waals surface area contributed by atoms with Crippen molar-refractivity contribution in [1.29, 1.82) is 0 Å². The third kappa shape index (κ3) is 4.09. The topological polar surface area (TPSA) is 81.0 Å². The monoisotopic (exact) mass is 398 g/mol. The van der Waals surface area contributed by atoms with E-state index in [2.05, 4.69) is 5.32 Å². The van der Waals surface area contributed by atoms with Crippen molar-refractivity contribution in [3.8, 4) is 11.5 Å². The molecule has 2 amide bonds. The van der Waals surface area contributed by atoms with E-state index in [-0.39, 0.29) is 23.8 Å². The molecule has 1 fully saturated rings. The fourth-order valence-corrected chi connectivity index (χ4v) is 3.98. The highest BCUT2D eigenvalue weighted by Crippen LogP contribution is 2.38. The van der Waals surface area contributed by atoms with Gasteiger partial charge in [0, 0.05) is 31.1 Å². The zero-order chi connectivity index (χ0) is 20.4. The first-order chi connectivity index (χ1) is 14.0. The van der Waals surface area contributed by atoms with Crippen LogP contribution in [0.4, 0.5) is 5.69 Å². The Balaban J connectivity index is 1.47. The number of fused-ring (bicyclic) bond motifs is 1. The molecular weight excluding hydrogens is 372 g/mol. The van der Waals surface area contributed by atoms with Gasteiger partial charge in [0.25, 0.3) is 5.91 Å². The largest absolute Gasteiger partial charge is 0.492 e. The summed E-state index contributed by atoms with van der Waals surface area (Å²) < 4.78 is 16.8. The molecule has 7 nitrogen and oxygen atoms in total. The number of benzene rings is 1. The summed E-state index contributed by atoms with van der Waals surface area (Å²) in [7, 11) is 0. The van der Waals surface area contributed by atoms with Crippen LogP contribution in [0.2, 0.25) is 0 Å². The van der Waals surface area contributed by atoms with Crippen LogP contribution in [-0.4, -0.2) is 42.5 Å². The molecule has 0 unspecified atom stereocenters. The lowest BCUT2D eigenvalue weighted by Gasteiger charge is -2.31. The van der Waals surface area contributed by atoms with E-state index in [4.69, 9.17) is 13.9 Å². The van der Waals surface area contributed by atoms with Gasteiger partial charge in [-0.15, -0.1) is 0 Å². The molecule has 0 spiro atoms. The van der Waals surface area contributed by atoms with Gasteiger partial charge in [0.15, 0.2) is 5.76 Å². The fourth-order valence-electron chi connectivity index (χ4n) is 3.98. The molecule has 0 aliphatic carbocycles. The number of amides is 2. The van der Waals surface area contributed by atoms with Gasteiger partial charge in [0.2, 0.25) is 5.91 Å². The molecule has 0 saturated carbocycles. The van der Waals surface area contributed by atoms with Gasteiger partial charge in [-0.3, -0.25) is 9.59 Å². The van der Waals surface area contributed by atoms with Crippen LogP contribution in [0.5, 0.6) is 11.5 Å². The Morgan fingerprint density at radius 2 is 2.21 bits per heavy atom. The number of carbonyl (C=O) groups excluding carboxylic acids is 2. The van der Waals surface area contributed by atoms with Crippen molar-refractivity contribution in [3.63, 3.8) is 0 Å². The highest BCUT2D eigenvalue weighted by molar-refractivity contribution is 5.96. The molecule has 0 bridgehead atoms. The lowest BCUT2D eigenvalue weighted by molar-refractivity contribution is -0.121. The van der Waals surface area contributed by atoms with E-state index in [0.717, 1.165) is 30.6 Å². The number of ether oxygens (including phenoxy) is 2. The minimum Gasteiger partial charge on any atom is -0.492 e. The first-order valence-electron chi connectivity index (χ1n) is 10.1. The van der Waals surface area contributed by atoms with Crippen LogP contribution in [0.1, 0.15) is 42.8 Å². The third-order valence-corrected chi connectivity index (χ3v) is 5.37. The Morgan fingerprint density at radius 3 is 2.97 bits per heavy atom. The molecule has 3 heterocycles. The second kappa shape index (κ2) is 8.19. The summed E-state index contributed by atoms with van der Waals surface area (Å²) in [6.07, 6.45) is 3.93. The average Bonchev–Trinajstić information content (AvgIpc) is 3.37. The maximum atomic E-state index is 13.0. The van der Waals surface area contributed by atoms with Crippen LogP contribution >= 0.6 is 0 Å². The Bertz CT molecular complexity index is 893. The number of rotatable bonds is 5. The summed E-state index contributed by atoms with van der Waals surface area (Å²) >= 11 is 0. The van der Waals surface area contributed by atoms with Crippen LogP contribution in [0, 0.1) is 5.92 Å². The van der Waals surface area contributed by atoms with Gasteiger partial charge in [-0.25, -0.2) is 0 Å². The summed E-state index contributed by atoms with van der Waals surface area (Å²) in [5.41, 5.74) is 1.70. The Kier molecular flexibility index (Phi) is 5.47. The van der Waals surface area contributed by atoms with Crippen molar-refractivity contribution >= 4 is 17.5 Å². The molecule has 2 aliphatic heterocycles. The number of nitrogens with one attached hydrogen (secondary N) is 1. The zero-order valence-electron chi connectivity index (χ0n) is 16.8. The van der Waals surface area contributed by atoms with Crippen molar-refractivity contribution < 1.29 is 23.5 Å². The van der Waals surface area contributed by atoms with E-state index in [1.165, 1.54) is 6.26 Å². The maximum absolute atomic E-state index is 13.0. The Hall–Kier alpha value is -2.96. The number of hydrogen-bond acceptors (Lipinski definition) is 5. The van der Waals surface area contributed by atoms with Crippen molar-refractivity contribution in [2.45, 2.75) is 39.2 Å². The van der Waals surface area contributed by atoms with Crippen molar-refractivity contribution in [2.75, 3.05) is 25.0 Å². The minimum atomic E-state index is -0.287. The quantitative estimate of drug-likeness (QED) is 0.834. The number of nitrogens with zero attached hydrogens (tertiary/aromatic N) is 1. The standard InChI is InChI=1S/C22H26N2O5/c1-3-27-20-11-16-10-14(2)29-19(16)12-17(20)23-21(25)15-6-4-8-24(13-15)22(26)18-7-5-9-28-18/h5,7,9,11-12,14-15H,3-4,6,8,10,13H2,1-2H3,(H,23,25)/t14-,15-/m1/s1. The number of piperidine rings is 1. The Labute approximate surface area is 170 Å². The highest BCUT2D eigenvalue weighted by atomic mass is 16.5. The molecule has 2 atom stereocenters. The average molecular weight is 398 g/mol. The second-order valence-corrected chi connectivity index (χ2v) is 7.58. The summed E-state index contributed by atoms with van der Waals surface area (Å²) in [6.45, 7) is 5.43. The van der Waals surface area contributed by atoms with Crippen molar-refractivity contribution in [3.05, 3.63) is 41.9 Å². The summed E-state index contributed by atoms with van der Waals surface area (Å²) in [4.78, 5) is 27.2. The molecule has 7 heteroatoms. The molecule has 1 saturated heterocycles. The molecule has 1 N–H and O–H groups in total. The van der Waals surface area contributed by atoms with Gasteiger partial charge in [-0.05, 0) is 44.9 Å². The molecule has 29 heavy (non-hydrogen) atoms. The first kappa shape index (κ1) is 19.4. The van der Waals surface area contributed by atoms with Gasteiger partial charge in [-0.1, -0.05) is 0 Å². The van der Waals surface area contributed by atoms with Gasteiger partial charge >= 0.3 is 0 Å². The van der Waals surface area contributed by atoms with Gasteiger partial charge in [-0.2, -0.15) is 0 Å². The zero-order valence-corrected chi connectivity index (χ0v) is 16.8. The van der Waals surface area contributed by atoms with Crippen LogP contribution < -0.4 is 14.8 Å². The van der Waals surface area contributed by atoms with Crippen LogP contribution in [0.25, 0.3) is 0 Å². The molecule has 1 aromatic carbocycles. The third-order valence-electron chi connectivity index (χ3n) is 5.37. The fraction of sp³-hybridized carbons (Fsp3) is 0.455. The second-order valence-electron chi connectivity index (χ2n) is 7.58. The smallest absolute Gasteiger partial charge is 0.289 e. The van der Waals surface area contributed by atoms with E-state index in [1.54, 1.807) is 17.0 Å². The van der Waals surface area contributed by atoms with Crippen LogP contribution in [-0.2, 0) is 11.2 Å². The van der Waals surface area contributed by atoms with Crippen LogP contribution in [0.15, 0.2) is 34.9 Å². The summed E-state index contributed by atoms with van der Waals surface area (Å²) in [5, 5.41) is 3.00. The molecule has 4 rings (SSSR count). The number of furan rings is 1. The molecule has 2 aliphatic rings. The predicted molar refractivity (Wildman–Crippen MR) is 107 cm³/mol. The molecular formula is C22H26N2O5. The molecule has 154 valence electrons. The van der Waals surface area contributed by atoms with Crippen molar-refractivity contribution in [2.24, 2.45) is 5.92 Å². The molecule has 2 aromatic rings. The number of carbonyl (C=O) groups is 2. The van der Waals surface area contributed by atoms with E-state index < -0.39 is 0 Å². The summed E-state index contributed by atoms with van der Waals surface area (Å²) in [5.74, 6) is 1.15. The van der Waals surface area contributed by atoms with Gasteiger partial charge in [0.1, 0.15) is 17.6 Å². The van der Waals surface area contributed by atoms with Gasteiger partial charge in [0.05, 0.1) is 24.5 Å².